The molecule has 1 N–H and O–H groups in total. The summed E-state index contributed by atoms with van der Waals surface area (Å²) < 4.78 is 35.6. The summed E-state index contributed by atoms with van der Waals surface area (Å²) in [6.45, 7) is 0.942. The van der Waals surface area contributed by atoms with Crippen LogP contribution in [0.25, 0.3) is 0 Å². The second-order valence-corrected chi connectivity index (χ2v) is 4.18. The van der Waals surface area contributed by atoms with Crippen LogP contribution in [0.5, 0.6) is 0 Å². The maximum Gasteiger partial charge on any atom is 0.389 e. The van der Waals surface area contributed by atoms with Crippen LogP contribution in [0.15, 0.2) is 0 Å². The van der Waals surface area contributed by atoms with Gasteiger partial charge in [-0.1, -0.05) is 0 Å². The van der Waals surface area contributed by atoms with Gasteiger partial charge in [-0.2, -0.15) is 13.2 Å². The average Bonchev–Trinajstić information content (AvgIpc) is 2.17. The summed E-state index contributed by atoms with van der Waals surface area (Å²) >= 11 is 0. The van der Waals surface area contributed by atoms with Gasteiger partial charge in [0.25, 0.3) is 0 Å². The third-order valence-electron chi connectivity index (χ3n) is 2.70. The van der Waals surface area contributed by atoms with E-state index in [1.165, 1.54) is 0 Å². The van der Waals surface area contributed by atoms with E-state index in [0.29, 0.717) is 19.5 Å². The van der Waals surface area contributed by atoms with Gasteiger partial charge in [0.05, 0.1) is 0 Å². The summed E-state index contributed by atoms with van der Waals surface area (Å²) in [5, 5.41) is 3.05. The molecule has 1 saturated heterocycles. The van der Waals surface area contributed by atoms with Crippen LogP contribution in [0, 0.1) is 0 Å². The minimum Gasteiger partial charge on any atom is -0.344 e. The second-order valence-electron chi connectivity index (χ2n) is 4.18. The number of nitrogens with zero attached hydrogens (tertiary/aromatic N) is 1. The Morgan fingerprint density at radius 3 is 2.75 bits per heavy atom. The number of likely N-dealkylation sites (tertiary alicyclic amines) is 1. The largest absolute Gasteiger partial charge is 0.389 e. The van der Waals surface area contributed by atoms with Gasteiger partial charge in [0.15, 0.2) is 0 Å². The fourth-order valence-corrected chi connectivity index (χ4v) is 1.77. The number of nitrogens with one attached hydrogen (secondary N) is 1. The topological polar surface area (TPSA) is 32.3 Å². The van der Waals surface area contributed by atoms with E-state index in [0.717, 1.165) is 6.42 Å². The monoisotopic (exact) mass is 238 g/mol. The molecule has 16 heavy (non-hydrogen) atoms. The number of rotatable bonds is 4. The van der Waals surface area contributed by atoms with E-state index in [-0.39, 0.29) is 18.4 Å². The molecule has 1 atom stereocenters. The molecule has 0 aromatic rings. The number of likely N-dealkylation sites (N-methyl/N-ethyl adjacent to an activating group) is 1. The van der Waals surface area contributed by atoms with Crippen LogP contribution in [0.3, 0.4) is 0 Å². The van der Waals surface area contributed by atoms with Gasteiger partial charge in [0, 0.05) is 32.5 Å². The lowest BCUT2D eigenvalue weighted by Crippen LogP contribution is -2.46. The number of carbonyl (C=O) groups is 1. The molecule has 0 aliphatic carbocycles. The van der Waals surface area contributed by atoms with Gasteiger partial charge in [-0.15, -0.1) is 0 Å². The summed E-state index contributed by atoms with van der Waals surface area (Å²) in [7, 11) is 1.71. The van der Waals surface area contributed by atoms with Gasteiger partial charge in [-0.25, -0.2) is 0 Å². The van der Waals surface area contributed by atoms with E-state index in [2.05, 4.69) is 5.32 Å². The van der Waals surface area contributed by atoms with E-state index in [1.807, 2.05) is 0 Å². The van der Waals surface area contributed by atoms with Crippen molar-refractivity contribution in [1.82, 2.24) is 10.2 Å². The maximum atomic E-state index is 11.9. The Bertz CT molecular complexity index is 243. The Morgan fingerprint density at radius 1 is 1.50 bits per heavy atom. The Balaban J connectivity index is 2.12. The maximum absolute atomic E-state index is 11.9. The lowest BCUT2D eigenvalue weighted by atomic mass is 10.1. The van der Waals surface area contributed by atoms with E-state index < -0.39 is 12.6 Å². The SMILES string of the molecule is CN1CC(NCCCC(F)(F)F)CCC1=O. The highest BCUT2D eigenvalue weighted by Crippen LogP contribution is 2.20. The van der Waals surface area contributed by atoms with Crippen LogP contribution in [-0.4, -0.2) is 43.2 Å². The minimum absolute atomic E-state index is 0.0949. The Labute approximate surface area is 93.0 Å². The van der Waals surface area contributed by atoms with Gasteiger partial charge in [-0.05, 0) is 19.4 Å². The summed E-state index contributed by atoms with van der Waals surface area (Å²) in [5.41, 5.74) is 0. The summed E-state index contributed by atoms with van der Waals surface area (Å²) in [5.74, 6) is 0.105. The number of hydrogen-bond donors (Lipinski definition) is 1. The number of halogens is 3. The van der Waals surface area contributed by atoms with Crippen molar-refractivity contribution in [3.63, 3.8) is 0 Å². The van der Waals surface area contributed by atoms with Crippen molar-refractivity contribution < 1.29 is 18.0 Å². The van der Waals surface area contributed by atoms with E-state index in [9.17, 15) is 18.0 Å². The van der Waals surface area contributed by atoms with Crippen LogP contribution in [0.4, 0.5) is 13.2 Å². The van der Waals surface area contributed by atoms with Gasteiger partial charge in [-0.3, -0.25) is 4.79 Å². The molecule has 1 unspecified atom stereocenters. The molecule has 0 spiro atoms. The van der Waals surface area contributed by atoms with Crippen molar-refractivity contribution >= 4 is 5.91 Å². The third-order valence-corrected chi connectivity index (χ3v) is 2.70. The molecule has 0 bridgehead atoms. The van der Waals surface area contributed by atoms with Crippen LogP contribution in [-0.2, 0) is 4.79 Å². The van der Waals surface area contributed by atoms with Crippen LogP contribution in [0.1, 0.15) is 25.7 Å². The zero-order valence-corrected chi connectivity index (χ0v) is 9.31. The number of carbonyl (C=O) groups excluding carboxylic acids is 1. The molecule has 1 aliphatic heterocycles. The molecule has 0 saturated carbocycles. The smallest absolute Gasteiger partial charge is 0.344 e. The molecular weight excluding hydrogens is 221 g/mol. The molecular formula is C10H17F3N2O. The standard InChI is InChI=1S/C10H17F3N2O/c1-15-7-8(3-4-9(15)16)14-6-2-5-10(11,12)13/h8,14H,2-7H2,1H3. The molecule has 0 aromatic heterocycles. The first-order chi connectivity index (χ1) is 7.38. The normalized spacial score (nSPS) is 22.6. The van der Waals surface area contributed by atoms with Crippen molar-refractivity contribution in [1.29, 1.82) is 0 Å². The fraction of sp³-hybridized carbons (Fsp3) is 0.900. The third kappa shape index (κ3) is 4.83. The molecule has 94 valence electrons. The Kier molecular flexibility index (Phi) is 4.58. The van der Waals surface area contributed by atoms with Crippen molar-refractivity contribution in [3.05, 3.63) is 0 Å². The molecule has 0 radical (unpaired) electrons. The predicted molar refractivity (Wildman–Crippen MR) is 54.0 cm³/mol. The minimum atomic E-state index is -4.07. The van der Waals surface area contributed by atoms with Gasteiger partial charge < -0.3 is 10.2 Å². The summed E-state index contributed by atoms with van der Waals surface area (Å²) in [6, 6.07) is 0.135. The zero-order valence-electron chi connectivity index (χ0n) is 9.31. The molecule has 1 aliphatic rings. The molecule has 3 nitrogen and oxygen atoms in total. The zero-order chi connectivity index (χ0) is 12.2. The van der Waals surface area contributed by atoms with Gasteiger partial charge >= 0.3 is 6.18 Å². The molecule has 1 rings (SSSR count). The first kappa shape index (κ1) is 13.3. The number of hydrogen-bond acceptors (Lipinski definition) is 2. The predicted octanol–water partition coefficient (Wildman–Crippen LogP) is 1.54. The van der Waals surface area contributed by atoms with Crippen molar-refractivity contribution in [2.75, 3.05) is 20.1 Å². The van der Waals surface area contributed by atoms with Crippen LogP contribution < -0.4 is 5.32 Å². The molecule has 0 aromatic carbocycles. The number of piperidine rings is 1. The summed E-state index contributed by atoms with van der Waals surface area (Å²) in [4.78, 5) is 12.8. The average molecular weight is 238 g/mol. The lowest BCUT2D eigenvalue weighted by Gasteiger charge is -2.30. The Morgan fingerprint density at radius 2 is 2.19 bits per heavy atom. The first-order valence-corrected chi connectivity index (χ1v) is 5.42. The quantitative estimate of drug-likeness (QED) is 0.753. The second kappa shape index (κ2) is 5.52. The lowest BCUT2D eigenvalue weighted by molar-refractivity contribution is -0.135. The summed E-state index contributed by atoms with van der Waals surface area (Å²) in [6.07, 6.45) is -3.53. The molecule has 1 fully saturated rings. The van der Waals surface area contributed by atoms with Crippen LogP contribution >= 0.6 is 0 Å². The van der Waals surface area contributed by atoms with E-state index >= 15 is 0 Å². The number of alkyl halides is 3. The highest BCUT2D eigenvalue weighted by molar-refractivity contribution is 5.76. The Hall–Kier alpha value is -0.780. The highest BCUT2D eigenvalue weighted by atomic mass is 19.4. The van der Waals surface area contributed by atoms with Gasteiger partial charge in [0.1, 0.15) is 0 Å². The van der Waals surface area contributed by atoms with E-state index in [4.69, 9.17) is 0 Å². The number of amides is 1. The molecule has 1 amide bonds. The van der Waals surface area contributed by atoms with E-state index in [1.54, 1.807) is 11.9 Å². The molecule has 6 heteroatoms. The van der Waals surface area contributed by atoms with Crippen molar-refractivity contribution in [3.8, 4) is 0 Å². The fourth-order valence-electron chi connectivity index (χ4n) is 1.77. The first-order valence-electron chi connectivity index (χ1n) is 5.42. The van der Waals surface area contributed by atoms with Crippen molar-refractivity contribution in [2.45, 2.75) is 37.9 Å². The van der Waals surface area contributed by atoms with Gasteiger partial charge in [0.2, 0.25) is 5.91 Å². The molecule has 1 heterocycles. The highest BCUT2D eigenvalue weighted by Gasteiger charge is 2.26. The van der Waals surface area contributed by atoms with Crippen molar-refractivity contribution in [2.24, 2.45) is 0 Å². The van der Waals surface area contributed by atoms with Crippen LogP contribution in [0.2, 0.25) is 0 Å².